The van der Waals surface area contributed by atoms with Crippen LogP contribution < -0.4 is 0 Å². The highest BCUT2D eigenvalue weighted by molar-refractivity contribution is 5.41. The van der Waals surface area contributed by atoms with E-state index in [9.17, 15) is 35.8 Å². The van der Waals surface area contributed by atoms with Crippen LogP contribution in [0.4, 0.5) is 30.7 Å². The van der Waals surface area contributed by atoms with Gasteiger partial charge >= 0.3 is 12.4 Å². The van der Waals surface area contributed by atoms with Crippen LogP contribution >= 0.6 is 0 Å². The molecule has 26 heavy (non-hydrogen) atoms. The number of likely N-dealkylation sites (tertiary alicyclic amines) is 1. The fourth-order valence-corrected chi connectivity index (χ4v) is 4.25. The van der Waals surface area contributed by atoms with Crippen molar-refractivity contribution in [3.63, 3.8) is 0 Å². The number of alkyl halides is 7. The van der Waals surface area contributed by atoms with E-state index >= 15 is 0 Å². The molecule has 0 aromatic heterocycles. The molecule has 0 spiro atoms. The standard InChI is InChI=1S/C17H18F7NO/c1-9(18)25-7-6-13-12-4-3-11(8-10(12)2-5-14(13)25)15(26,16(19,20)21)17(22,23)24/h3-4,8-9,13-14,26H,2,5-7H2,1H3. The first-order valence-electron chi connectivity index (χ1n) is 8.27. The number of halogens is 7. The molecule has 3 unspecified atom stereocenters. The quantitative estimate of drug-likeness (QED) is 0.602. The van der Waals surface area contributed by atoms with E-state index in [-0.39, 0.29) is 18.4 Å². The first-order chi connectivity index (χ1) is 11.9. The highest BCUT2D eigenvalue weighted by Crippen LogP contribution is 2.51. The van der Waals surface area contributed by atoms with E-state index in [1.54, 1.807) is 4.90 Å². The molecule has 1 aliphatic heterocycles. The third kappa shape index (κ3) is 2.79. The van der Waals surface area contributed by atoms with Crippen LogP contribution in [0.5, 0.6) is 0 Å². The van der Waals surface area contributed by atoms with Gasteiger partial charge in [-0.3, -0.25) is 4.90 Å². The molecule has 0 amide bonds. The number of nitrogens with zero attached hydrogens (tertiary/aromatic N) is 1. The van der Waals surface area contributed by atoms with Crippen molar-refractivity contribution in [2.24, 2.45) is 0 Å². The van der Waals surface area contributed by atoms with Crippen LogP contribution in [0.2, 0.25) is 0 Å². The van der Waals surface area contributed by atoms with Gasteiger partial charge in [0.2, 0.25) is 0 Å². The maximum atomic E-state index is 13.7. The highest BCUT2D eigenvalue weighted by Gasteiger charge is 2.71. The molecule has 146 valence electrons. The molecule has 0 bridgehead atoms. The molecule has 1 aliphatic carbocycles. The van der Waals surface area contributed by atoms with Gasteiger partial charge in [0.1, 0.15) is 0 Å². The topological polar surface area (TPSA) is 23.5 Å². The summed E-state index contributed by atoms with van der Waals surface area (Å²) >= 11 is 0. The molecule has 2 aliphatic rings. The lowest BCUT2D eigenvalue weighted by Crippen LogP contribution is -2.54. The maximum Gasteiger partial charge on any atom is 0.430 e. The lowest BCUT2D eigenvalue weighted by atomic mass is 9.77. The molecule has 1 aromatic carbocycles. The van der Waals surface area contributed by atoms with Crippen LogP contribution in [0.25, 0.3) is 0 Å². The zero-order valence-corrected chi connectivity index (χ0v) is 13.8. The largest absolute Gasteiger partial charge is 0.430 e. The Bertz CT molecular complexity index is 669. The Hall–Kier alpha value is -1.35. The van der Waals surface area contributed by atoms with E-state index in [1.165, 1.54) is 13.0 Å². The second-order valence-electron chi connectivity index (χ2n) is 6.93. The van der Waals surface area contributed by atoms with E-state index in [1.807, 2.05) is 0 Å². The molecule has 9 heteroatoms. The van der Waals surface area contributed by atoms with Crippen LogP contribution in [-0.4, -0.2) is 41.2 Å². The molecule has 0 saturated carbocycles. The molecule has 3 rings (SSSR count). The average molecular weight is 385 g/mol. The van der Waals surface area contributed by atoms with Gasteiger partial charge in [0, 0.05) is 24.1 Å². The van der Waals surface area contributed by atoms with Crippen molar-refractivity contribution in [1.29, 1.82) is 0 Å². The monoisotopic (exact) mass is 385 g/mol. The average Bonchev–Trinajstić information content (AvgIpc) is 2.95. The van der Waals surface area contributed by atoms with Crippen molar-refractivity contribution in [3.05, 3.63) is 34.9 Å². The second kappa shape index (κ2) is 6.09. The summed E-state index contributed by atoms with van der Waals surface area (Å²) in [5.74, 6) is -0.129. The number of rotatable bonds is 2. The highest BCUT2D eigenvalue weighted by atomic mass is 19.4. The van der Waals surface area contributed by atoms with Crippen molar-refractivity contribution >= 4 is 0 Å². The van der Waals surface area contributed by atoms with Crippen LogP contribution in [0.3, 0.4) is 0 Å². The first-order valence-corrected chi connectivity index (χ1v) is 8.27. The first kappa shape index (κ1) is 19.4. The smallest absolute Gasteiger partial charge is 0.369 e. The molecular formula is C17H18F7NO. The van der Waals surface area contributed by atoms with E-state index in [0.29, 0.717) is 36.6 Å². The molecule has 1 saturated heterocycles. The summed E-state index contributed by atoms with van der Waals surface area (Å²) in [4.78, 5) is 1.67. The number of hydrogen-bond donors (Lipinski definition) is 1. The molecule has 1 aromatic rings. The molecule has 3 atom stereocenters. The summed E-state index contributed by atoms with van der Waals surface area (Å²) in [5, 5.41) is 9.55. The van der Waals surface area contributed by atoms with Gasteiger partial charge in [-0.2, -0.15) is 26.3 Å². The zero-order chi connectivity index (χ0) is 19.5. The summed E-state index contributed by atoms with van der Waals surface area (Å²) < 4.78 is 92.0. The van der Waals surface area contributed by atoms with E-state index in [2.05, 4.69) is 0 Å². The van der Waals surface area contributed by atoms with Crippen LogP contribution in [0.15, 0.2) is 18.2 Å². The van der Waals surface area contributed by atoms with Crippen molar-refractivity contribution in [3.8, 4) is 0 Å². The second-order valence-corrected chi connectivity index (χ2v) is 6.93. The van der Waals surface area contributed by atoms with Crippen LogP contribution in [0.1, 0.15) is 42.4 Å². The van der Waals surface area contributed by atoms with Gasteiger partial charge in [-0.15, -0.1) is 0 Å². The molecular weight excluding hydrogens is 367 g/mol. The van der Waals surface area contributed by atoms with Gasteiger partial charge in [0.15, 0.2) is 6.30 Å². The third-order valence-electron chi connectivity index (χ3n) is 5.54. The van der Waals surface area contributed by atoms with E-state index in [0.717, 1.165) is 6.07 Å². The van der Waals surface area contributed by atoms with Gasteiger partial charge in [-0.1, -0.05) is 18.2 Å². The van der Waals surface area contributed by atoms with Gasteiger partial charge < -0.3 is 5.11 Å². The van der Waals surface area contributed by atoms with Gasteiger partial charge in [-0.25, -0.2) is 4.39 Å². The van der Waals surface area contributed by atoms with Crippen molar-refractivity contribution < 1.29 is 35.8 Å². The van der Waals surface area contributed by atoms with Gasteiger partial charge in [-0.05, 0) is 37.3 Å². The fraction of sp³-hybridized carbons (Fsp3) is 0.647. The zero-order valence-electron chi connectivity index (χ0n) is 13.8. The minimum absolute atomic E-state index is 0.113. The predicted octanol–water partition coefficient (Wildman–Crippen LogP) is 4.42. The molecule has 1 fully saturated rings. The molecule has 1 heterocycles. The van der Waals surface area contributed by atoms with Crippen molar-refractivity contribution in [2.45, 2.75) is 62.4 Å². The van der Waals surface area contributed by atoms with Crippen molar-refractivity contribution in [1.82, 2.24) is 4.90 Å². The van der Waals surface area contributed by atoms with Gasteiger partial charge in [0.25, 0.3) is 5.60 Å². The Labute approximate surface area is 145 Å². The van der Waals surface area contributed by atoms with E-state index < -0.39 is 29.8 Å². The fourth-order valence-electron chi connectivity index (χ4n) is 4.25. The van der Waals surface area contributed by atoms with Crippen LogP contribution in [-0.2, 0) is 12.0 Å². The summed E-state index contributed by atoms with van der Waals surface area (Å²) in [6, 6.07) is 2.59. The number of benzene rings is 1. The Morgan fingerprint density at radius 3 is 2.23 bits per heavy atom. The number of aryl methyl sites for hydroxylation is 1. The SMILES string of the molecule is CC(F)N1CCC2c3ccc(C(O)(C(F)(F)F)C(F)(F)F)cc3CCC21. The summed E-state index contributed by atoms with van der Waals surface area (Å²) in [5.41, 5.74) is -5.16. The minimum atomic E-state index is -5.90. The molecule has 0 radical (unpaired) electrons. The number of hydrogen-bond acceptors (Lipinski definition) is 2. The molecule has 1 N–H and O–H groups in total. The Morgan fingerprint density at radius 2 is 1.69 bits per heavy atom. The van der Waals surface area contributed by atoms with Crippen LogP contribution in [0, 0.1) is 0 Å². The third-order valence-corrected chi connectivity index (χ3v) is 5.54. The number of fused-ring (bicyclic) bond motifs is 3. The minimum Gasteiger partial charge on any atom is -0.369 e. The lowest BCUT2D eigenvalue weighted by Gasteiger charge is -2.36. The summed E-state index contributed by atoms with van der Waals surface area (Å²) in [7, 11) is 0. The Morgan fingerprint density at radius 1 is 1.08 bits per heavy atom. The van der Waals surface area contributed by atoms with Crippen molar-refractivity contribution in [2.75, 3.05) is 6.54 Å². The lowest BCUT2D eigenvalue weighted by molar-refractivity contribution is -0.376. The Kier molecular flexibility index (Phi) is 4.54. The van der Waals surface area contributed by atoms with E-state index in [4.69, 9.17) is 0 Å². The Balaban J connectivity index is 2.01. The number of aliphatic hydroxyl groups is 1. The summed E-state index contributed by atoms with van der Waals surface area (Å²) in [6.07, 6.45) is -11.7. The molecule has 2 nitrogen and oxygen atoms in total. The summed E-state index contributed by atoms with van der Waals surface area (Å²) in [6.45, 7) is 1.90. The maximum absolute atomic E-state index is 13.7. The van der Waals surface area contributed by atoms with Gasteiger partial charge in [0.05, 0.1) is 0 Å². The predicted molar refractivity (Wildman–Crippen MR) is 79.2 cm³/mol. The normalized spacial score (nSPS) is 25.7.